The zero-order valence-corrected chi connectivity index (χ0v) is 13.9. The minimum Gasteiger partial charge on any atom is -0.408 e. The molecule has 128 valence electrons. The normalized spacial score (nSPS) is 10.7. The van der Waals surface area contributed by atoms with Gasteiger partial charge in [0, 0.05) is 11.3 Å². The summed E-state index contributed by atoms with van der Waals surface area (Å²) in [6.07, 6.45) is 1.44. The van der Waals surface area contributed by atoms with Crippen LogP contribution in [0.5, 0.6) is 0 Å². The van der Waals surface area contributed by atoms with E-state index in [-0.39, 0.29) is 24.0 Å². The Kier molecular flexibility index (Phi) is 4.52. The van der Waals surface area contributed by atoms with Gasteiger partial charge in [-0.15, -0.1) is 0 Å². The minimum atomic E-state index is -0.643. The SMILES string of the molecule is Cc1ccc(C)c(NC(=O)Cn2cc(-c3ccc(F)cc3)oc2=O)c1. The Bertz CT molecular complexity index is 971. The molecular weight excluding hydrogens is 323 g/mol. The number of aromatic nitrogens is 1. The molecule has 0 aliphatic heterocycles. The van der Waals surface area contributed by atoms with E-state index in [2.05, 4.69) is 5.32 Å². The van der Waals surface area contributed by atoms with Crippen LogP contribution in [0.2, 0.25) is 0 Å². The first kappa shape index (κ1) is 16.7. The summed E-state index contributed by atoms with van der Waals surface area (Å²) in [5, 5.41) is 2.79. The number of hydrogen-bond acceptors (Lipinski definition) is 3. The highest BCUT2D eigenvalue weighted by Crippen LogP contribution is 2.19. The van der Waals surface area contributed by atoms with Gasteiger partial charge in [0.05, 0.1) is 6.20 Å². The lowest BCUT2D eigenvalue weighted by Gasteiger charge is -2.09. The Morgan fingerprint density at radius 2 is 1.88 bits per heavy atom. The third-order valence-corrected chi connectivity index (χ3v) is 3.81. The maximum Gasteiger partial charge on any atom is 0.419 e. The van der Waals surface area contributed by atoms with Crippen molar-refractivity contribution in [2.45, 2.75) is 20.4 Å². The summed E-state index contributed by atoms with van der Waals surface area (Å²) in [5.74, 6) is -1.07. The second-order valence-electron chi connectivity index (χ2n) is 5.86. The Balaban J connectivity index is 1.77. The Labute approximate surface area is 143 Å². The fourth-order valence-electron chi connectivity index (χ4n) is 2.45. The largest absolute Gasteiger partial charge is 0.419 e. The average molecular weight is 340 g/mol. The lowest BCUT2D eigenvalue weighted by atomic mass is 10.1. The average Bonchev–Trinajstić information content (AvgIpc) is 2.92. The molecule has 0 saturated heterocycles. The van der Waals surface area contributed by atoms with Crippen LogP contribution >= 0.6 is 0 Å². The van der Waals surface area contributed by atoms with Gasteiger partial charge in [-0.2, -0.15) is 0 Å². The number of amides is 1. The van der Waals surface area contributed by atoms with Gasteiger partial charge in [-0.25, -0.2) is 9.18 Å². The molecule has 0 saturated carbocycles. The van der Waals surface area contributed by atoms with Crippen molar-refractivity contribution in [1.82, 2.24) is 4.57 Å². The molecule has 0 aliphatic carbocycles. The molecule has 6 heteroatoms. The summed E-state index contributed by atoms with van der Waals surface area (Å²) in [4.78, 5) is 24.2. The summed E-state index contributed by atoms with van der Waals surface area (Å²) in [5.41, 5.74) is 3.23. The van der Waals surface area contributed by atoms with Crippen molar-refractivity contribution in [2.75, 3.05) is 5.32 Å². The minimum absolute atomic E-state index is 0.170. The molecule has 0 aliphatic rings. The molecule has 1 amide bonds. The fourth-order valence-corrected chi connectivity index (χ4v) is 2.45. The summed E-state index contributed by atoms with van der Waals surface area (Å²) in [6.45, 7) is 3.66. The van der Waals surface area contributed by atoms with E-state index in [1.807, 2.05) is 32.0 Å². The molecule has 0 fully saturated rings. The van der Waals surface area contributed by atoms with Gasteiger partial charge in [0.25, 0.3) is 0 Å². The van der Waals surface area contributed by atoms with Crippen LogP contribution in [0, 0.1) is 19.7 Å². The van der Waals surface area contributed by atoms with Gasteiger partial charge < -0.3 is 9.73 Å². The number of carbonyl (C=O) groups excluding carboxylic acids is 1. The van der Waals surface area contributed by atoms with Crippen LogP contribution in [-0.4, -0.2) is 10.5 Å². The number of oxazole rings is 1. The molecule has 0 bridgehead atoms. The predicted molar refractivity (Wildman–Crippen MR) is 92.9 cm³/mol. The molecule has 0 spiro atoms. The van der Waals surface area contributed by atoms with E-state index in [1.165, 1.54) is 35.0 Å². The Morgan fingerprint density at radius 3 is 2.60 bits per heavy atom. The van der Waals surface area contributed by atoms with Crippen molar-refractivity contribution in [3.05, 3.63) is 76.2 Å². The number of hydrogen-bond donors (Lipinski definition) is 1. The lowest BCUT2D eigenvalue weighted by molar-refractivity contribution is -0.116. The highest BCUT2D eigenvalue weighted by atomic mass is 19.1. The number of halogens is 1. The van der Waals surface area contributed by atoms with Crippen molar-refractivity contribution in [1.29, 1.82) is 0 Å². The number of carbonyl (C=O) groups is 1. The topological polar surface area (TPSA) is 64.2 Å². The fraction of sp³-hybridized carbons (Fsp3) is 0.158. The first-order valence-electron chi connectivity index (χ1n) is 7.76. The molecule has 0 radical (unpaired) electrons. The highest BCUT2D eigenvalue weighted by molar-refractivity contribution is 5.91. The lowest BCUT2D eigenvalue weighted by Crippen LogP contribution is -2.24. The molecule has 1 heterocycles. The van der Waals surface area contributed by atoms with Gasteiger partial charge in [0.2, 0.25) is 5.91 Å². The van der Waals surface area contributed by atoms with Crippen molar-refractivity contribution in [3.63, 3.8) is 0 Å². The second kappa shape index (κ2) is 6.76. The third kappa shape index (κ3) is 3.85. The van der Waals surface area contributed by atoms with Crippen molar-refractivity contribution >= 4 is 11.6 Å². The number of aryl methyl sites for hydroxylation is 2. The number of benzene rings is 2. The van der Waals surface area contributed by atoms with Gasteiger partial charge in [-0.1, -0.05) is 12.1 Å². The molecule has 5 nitrogen and oxygen atoms in total. The van der Waals surface area contributed by atoms with E-state index in [9.17, 15) is 14.0 Å². The molecule has 2 aromatic carbocycles. The maximum atomic E-state index is 13.0. The van der Waals surface area contributed by atoms with E-state index in [0.29, 0.717) is 11.3 Å². The van der Waals surface area contributed by atoms with Crippen molar-refractivity contribution < 1.29 is 13.6 Å². The molecule has 0 atom stereocenters. The molecule has 3 rings (SSSR count). The predicted octanol–water partition coefficient (Wildman–Crippen LogP) is 3.50. The van der Waals surface area contributed by atoms with Crippen LogP contribution in [0.1, 0.15) is 11.1 Å². The summed E-state index contributed by atoms with van der Waals surface area (Å²) >= 11 is 0. The van der Waals surface area contributed by atoms with Gasteiger partial charge in [-0.05, 0) is 55.3 Å². The molecule has 25 heavy (non-hydrogen) atoms. The van der Waals surface area contributed by atoms with Gasteiger partial charge >= 0.3 is 5.76 Å². The van der Waals surface area contributed by atoms with E-state index < -0.39 is 5.76 Å². The van der Waals surface area contributed by atoms with E-state index in [4.69, 9.17) is 4.42 Å². The van der Waals surface area contributed by atoms with Crippen LogP contribution in [-0.2, 0) is 11.3 Å². The highest BCUT2D eigenvalue weighted by Gasteiger charge is 2.12. The first-order valence-corrected chi connectivity index (χ1v) is 7.76. The number of nitrogens with one attached hydrogen (secondary N) is 1. The molecule has 3 aromatic rings. The van der Waals surface area contributed by atoms with Crippen molar-refractivity contribution in [3.8, 4) is 11.3 Å². The smallest absolute Gasteiger partial charge is 0.408 e. The maximum absolute atomic E-state index is 13.0. The van der Waals surface area contributed by atoms with Crippen LogP contribution in [0.4, 0.5) is 10.1 Å². The zero-order valence-electron chi connectivity index (χ0n) is 13.9. The quantitative estimate of drug-likeness (QED) is 0.790. The Morgan fingerprint density at radius 1 is 1.16 bits per heavy atom. The summed E-state index contributed by atoms with van der Waals surface area (Å²) in [7, 11) is 0. The molecule has 1 N–H and O–H groups in total. The third-order valence-electron chi connectivity index (χ3n) is 3.81. The van der Waals surface area contributed by atoms with Crippen LogP contribution in [0.25, 0.3) is 11.3 Å². The van der Waals surface area contributed by atoms with Crippen LogP contribution in [0.15, 0.2) is 57.9 Å². The monoisotopic (exact) mass is 340 g/mol. The van der Waals surface area contributed by atoms with Gasteiger partial charge in [0.1, 0.15) is 12.4 Å². The summed E-state index contributed by atoms with van der Waals surface area (Å²) in [6, 6.07) is 11.3. The number of anilines is 1. The van der Waals surface area contributed by atoms with Gasteiger partial charge in [0.15, 0.2) is 5.76 Å². The van der Waals surface area contributed by atoms with E-state index >= 15 is 0 Å². The number of rotatable bonds is 4. The van der Waals surface area contributed by atoms with Crippen LogP contribution < -0.4 is 11.1 Å². The molecular formula is C19H17FN2O3. The van der Waals surface area contributed by atoms with Crippen molar-refractivity contribution in [2.24, 2.45) is 0 Å². The summed E-state index contributed by atoms with van der Waals surface area (Å²) < 4.78 is 19.3. The van der Waals surface area contributed by atoms with E-state index in [0.717, 1.165) is 11.1 Å². The van der Waals surface area contributed by atoms with E-state index in [1.54, 1.807) is 0 Å². The Hall–Kier alpha value is -3.15. The molecule has 1 aromatic heterocycles. The van der Waals surface area contributed by atoms with Crippen LogP contribution in [0.3, 0.4) is 0 Å². The second-order valence-corrected chi connectivity index (χ2v) is 5.86. The van der Waals surface area contributed by atoms with Gasteiger partial charge in [-0.3, -0.25) is 9.36 Å². The first-order chi connectivity index (χ1) is 11.9. The number of nitrogens with zero attached hydrogens (tertiary/aromatic N) is 1. The molecule has 0 unspecified atom stereocenters. The zero-order chi connectivity index (χ0) is 18.0. The standard InChI is InChI=1S/C19H17FN2O3/c1-12-3-4-13(2)16(9-12)21-18(23)11-22-10-17(25-19(22)24)14-5-7-15(20)8-6-14/h3-10H,11H2,1-2H3,(H,21,23).